The van der Waals surface area contributed by atoms with Gasteiger partial charge in [0.2, 0.25) is 0 Å². The van der Waals surface area contributed by atoms with Crippen molar-refractivity contribution in [3.8, 4) is 0 Å². The number of hydrogen-bond donors (Lipinski definition) is 0. The molecule has 0 spiro atoms. The highest BCUT2D eigenvalue weighted by Gasteiger charge is 2.04. The first-order valence-corrected chi connectivity index (χ1v) is 4.70. The van der Waals surface area contributed by atoms with E-state index in [1.54, 1.807) is 0 Å². The molecule has 14 heavy (non-hydrogen) atoms. The van der Waals surface area contributed by atoms with Gasteiger partial charge >= 0.3 is 0 Å². The van der Waals surface area contributed by atoms with Gasteiger partial charge in [0.1, 0.15) is 0 Å². The molecule has 0 N–H and O–H groups in total. The maximum absolute atomic E-state index is 10.9. The highest BCUT2D eigenvalue weighted by atomic mass is 16.2. The lowest BCUT2D eigenvalue weighted by Gasteiger charge is -2.06. The van der Waals surface area contributed by atoms with E-state index >= 15 is 0 Å². The molecule has 0 aliphatic heterocycles. The number of carbonyl (C=O) groups excluding carboxylic acids is 2. The fourth-order valence-corrected chi connectivity index (χ4v) is 1.31. The zero-order valence-electron chi connectivity index (χ0n) is 8.49. The summed E-state index contributed by atoms with van der Waals surface area (Å²) >= 11 is 0. The Bertz CT molecular complexity index is 340. The quantitative estimate of drug-likeness (QED) is 0.538. The van der Waals surface area contributed by atoms with Crippen molar-refractivity contribution in [3.63, 3.8) is 0 Å². The molecule has 1 aromatic rings. The zero-order chi connectivity index (χ0) is 10.6. The molecule has 0 aromatic heterocycles. The molecule has 74 valence electrons. The summed E-state index contributed by atoms with van der Waals surface area (Å²) < 4.78 is 0. The van der Waals surface area contributed by atoms with Crippen molar-refractivity contribution in [2.75, 3.05) is 0 Å². The summed E-state index contributed by atoms with van der Waals surface area (Å²) in [7, 11) is 0. The van der Waals surface area contributed by atoms with Crippen molar-refractivity contribution in [2.45, 2.75) is 26.2 Å². The number of rotatable bonds is 4. The molecule has 0 bridgehead atoms. The van der Waals surface area contributed by atoms with E-state index in [4.69, 9.17) is 0 Å². The smallest absolute Gasteiger partial charge is 0.199 e. The molecule has 0 amide bonds. The minimum absolute atomic E-state index is 0.212. The molecule has 0 saturated carbocycles. The van der Waals surface area contributed by atoms with E-state index < -0.39 is 0 Å². The van der Waals surface area contributed by atoms with Crippen LogP contribution in [-0.4, -0.2) is 12.1 Å². The van der Waals surface area contributed by atoms with Crippen LogP contribution in [0.3, 0.4) is 0 Å². The van der Waals surface area contributed by atoms with Crippen molar-refractivity contribution >= 4 is 12.1 Å². The SMILES string of the molecule is CC(C)c1cccc(CC(=O)C=O)c1. The van der Waals surface area contributed by atoms with Crippen LogP contribution in [0.2, 0.25) is 0 Å². The first-order valence-electron chi connectivity index (χ1n) is 4.70. The fraction of sp³-hybridized carbons (Fsp3) is 0.333. The average Bonchev–Trinajstić information content (AvgIpc) is 2.18. The molecular weight excluding hydrogens is 176 g/mol. The van der Waals surface area contributed by atoms with Crippen molar-refractivity contribution in [3.05, 3.63) is 35.4 Å². The van der Waals surface area contributed by atoms with Crippen molar-refractivity contribution < 1.29 is 9.59 Å². The van der Waals surface area contributed by atoms with Crippen LogP contribution in [0.5, 0.6) is 0 Å². The molecule has 0 aliphatic carbocycles. The van der Waals surface area contributed by atoms with Crippen LogP contribution in [-0.2, 0) is 16.0 Å². The fourth-order valence-electron chi connectivity index (χ4n) is 1.31. The molecule has 0 heterocycles. The van der Waals surface area contributed by atoms with E-state index in [0.717, 1.165) is 5.56 Å². The Hall–Kier alpha value is -1.44. The van der Waals surface area contributed by atoms with Gasteiger partial charge in [-0.1, -0.05) is 38.1 Å². The van der Waals surface area contributed by atoms with Gasteiger partial charge in [0.15, 0.2) is 12.1 Å². The number of carbonyl (C=O) groups is 2. The van der Waals surface area contributed by atoms with Gasteiger partial charge in [-0.3, -0.25) is 9.59 Å². The van der Waals surface area contributed by atoms with Gasteiger partial charge in [0.25, 0.3) is 0 Å². The second kappa shape index (κ2) is 4.70. The second-order valence-electron chi connectivity index (χ2n) is 3.66. The van der Waals surface area contributed by atoms with Crippen molar-refractivity contribution in [2.24, 2.45) is 0 Å². The Morgan fingerprint density at radius 3 is 2.71 bits per heavy atom. The van der Waals surface area contributed by atoms with E-state index in [1.165, 1.54) is 5.56 Å². The first-order chi connectivity index (χ1) is 6.63. The molecule has 1 rings (SSSR count). The summed E-state index contributed by atoms with van der Waals surface area (Å²) in [5, 5.41) is 0. The molecule has 0 aliphatic rings. The van der Waals surface area contributed by atoms with Gasteiger partial charge < -0.3 is 0 Å². The van der Waals surface area contributed by atoms with Gasteiger partial charge in [0.05, 0.1) is 0 Å². The Morgan fingerprint density at radius 1 is 1.43 bits per heavy atom. The Morgan fingerprint density at radius 2 is 2.14 bits per heavy atom. The molecular formula is C12H14O2. The lowest BCUT2D eigenvalue weighted by molar-refractivity contribution is -0.129. The van der Waals surface area contributed by atoms with Crippen LogP contribution in [0.1, 0.15) is 30.9 Å². The number of Topliss-reactive ketones (excluding diaryl/α,β-unsaturated/α-hetero) is 1. The first kappa shape index (κ1) is 10.6. The highest BCUT2D eigenvalue weighted by molar-refractivity contribution is 6.25. The van der Waals surface area contributed by atoms with Crippen LogP contribution >= 0.6 is 0 Å². The summed E-state index contributed by atoms with van der Waals surface area (Å²) in [6.07, 6.45) is 0.589. The molecule has 0 atom stereocenters. The van der Waals surface area contributed by atoms with Crippen LogP contribution in [0.15, 0.2) is 24.3 Å². The van der Waals surface area contributed by atoms with Crippen LogP contribution in [0.4, 0.5) is 0 Å². The van der Waals surface area contributed by atoms with E-state index in [-0.39, 0.29) is 12.2 Å². The Kier molecular flexibility index (Phi) is 3.57. The van der Waals surface area contributed by atoms with Crippen LogP contribution < -0.4 is 0 Å². The third-order valence-corrected chi connectivity index (χ3v) is 2.13. The van der Waals surface area contributed by atoms with Crippen molar-refractivity contribution in [1.82, 2.24) is 0 Å². The number of ketones is 1. The topological polar surface area (TPSA) is 34.1 Å². The normalized spacial score (nSPS) is 10.2. The van der Waals surface area contributed by atoms with Gasteiger partial charge in [-0.25, -0.2) is 0 Å². The lowest BCUT2D eigenvalue weighted by atomic mass is 9.99. The number of aldehydes is 1. The Balaban J connectivity index is 2.83. The average molecular weight is 190 g/mol. The van der Waals surface area contributed by atoms with Gasteiger partial charge in [0, 0.05) is 6.42 Å². The van der Waals surface area contributed by atoms with Gasteiger partial charge in [-0.15, -0.1) is 0 Å². The molecule has 0 fully saturated rings. The summed E-state index contributed by atoms with van der Waals surface area (Å²) in [5.41, 5.74) is 2.11. The summed E-state index contributed by atoms with van der Waals surface area (Å²) in [6, 6.07) is 7.79. The number of hydrogen-bond acceptors (Lipinski definition) is 2. The Labute approximate surface area is 83.9 Å². The van der Waals surface area contributed by atoms with Crippen LogP contribution in [0, 0.1) is 0 Å². The standard InChI is InChI=1S/C12H14O2/c1-9(2)11-5-3-4-10(6-11)7-12(14)8-13/h3-6,8-9H,7H2,1-2H3. The van der Waals surface area contributed by atoms with Gasteiger partial charge in [-0.2, -0.15) is 0 Å². The summed E-state index contributed by atoms with van der Waals surface area (Å²) in [4.78, 5) is 21.1. The van der Waals surface area contributed by atoms with E-state index in [9.17, 15) is 9.59 Å². The molecule has 0 radical (unpaired) electrons. The highest BCUT2D eigenvalue weighted by Crippen LogP contribution is 2.15. The molecule has 2 nitrogen and oxygen atoms in total. The summed E-state index contributed by atoms with van der Waals surface area (Å²) in [5.74, 6) is 0.0761. The van der Waals surface area contributed by atoms with Crippen molar-refractivity contribution in [1.29, 1.82) is 0 Å². The molecule has 0 saturated heterocycles. The zero-order valence-corrected chi connectivity index (χ0v) is 8.49. The molecule has 1 aromatic carbocycles. The largest absolute Gasteiger partial charge is 0.295 e. The van der Waals surface area contributed by atoms with E-state index in [0.29, 0.717) is 12.2 Å². The second-order valence-corrected chi connectivity index (χ2v) is 3.66. The minimum atomic E-state index is -0.370. The third-order valence-electron chi connectivity index (χ3n) is 2.13. The number of benzene rings is 1. The van der Waals surface area contributed by atoms with E-state index in [1.807, 2.05) is 24.3 Å². The van der Waals surface area contributed by atoms with Gasteiger partial charge in [-0.05, 0) is 17.0 Å². The lowest BCUT2D eigenvalue weighted by Crippen LogP contribution is -2.03. The molecule has 2 heteroatoms. The maximum Gasteiger partial charge on any atom is 0.199 e. The predicted molar refractivity (Wildman–Crippen MR) is 55.3 cm³/mol. The minimum Gasteiger partial charge on any atom is -0.295 e. The molecule has 0 unspecified atom stereocenters. The monoisotopic (exact) mass is 190 g/mol. The third kappa shape index (κ3) is 2.80. The van der Waals surface area contributed by atoms with E-state index in [2.05, 4.69) is 13.8 Å². The predicted octanol–water partition coefficient (Wildman–Crippen LogP) is 2.12. The maximum atomic E-state index is 10.9. The summed E-state index contributed by atoms with van der Waals surface area (Å²) in [6.45, 7) is 4.20. The van der Waals surface area contributed by atoms with Crippen LogP contribution in [0.25, 0.3) is 0 Å².